The molecule has 4 heterocycles. The van der Waals surface area contributed by atoms with Crippen LogP contribution in [0.1, 0.15) is 0 Å². The van der Waals surface area contributed by atoms with E-state index in [0.717, 1.165) is 48.8 Å². The van der Waals surface area contributed by atoms with Crippen LogP contribution in [0, 0.1) is 0 Å². The minimum Gasteiger partial charge on any atom is -0.352 e. The van der Waals surface area contributed by atoms with Crippen molar-refractivity contribution in [1.29, 1.82) is 0 Å². The van der Waals surface area contributed by atoms with Gasteiger partial charge in [0, 0.05) is 39.4 Å². The van der Waals surface area contributed by atoms with Gasteiger partial charge in [-0.1, -0.05) is 23.2 Å². The van der Waals surface area contributed by atoms with Crippen LogP contribution in [-0.4, -0.2) is 50.9 Å². The lowest BCUT2D eigenvalue weighted by Gasteiger charge is -2.36. The number of aromatic nitrogens is 5. The first-order valence-corrected chi connectivity index (χ1v) is 8.33. The van der Waals surface area contributed by atoms with Gasteiger partial charge in [-0.25, -0.2) is 15.0 Å². The van der Waals surface area contributed by atoms with Crippen LogP contribution in [0.2, 0.25) is 10.0 Å². The number of halogens is 2. The molecular weight excluding hydrogens is 349 g/mol. The Bertz CT molecular complexity index is 887. The number of aryl methyl sites for hydroxylation is 1. The van der Waals surface area contributed by atoms with E-state index < -0.39 is 0 Å². The van der Waals surface area contributed by atoms with Crippen LogP contribution < -0.4 is 9.80 Å². The summed E-state index contributed by atoms with van der Waals surface area (Å²) in [7, 11) is 1.88. The van der Waals surface area contributed by atoms with Crippen molar-refractivity contribution in [2.45, 2.75) is 0 Å². The number of fused-ring (bicyclic) bond motifs is 1. The molecule has 1 fully saturated rings. The molecule has 0 saturated carbocycles. The van der Waals surface area contributed by atoms with Crippen LogP contribution in [0.5, 0.6) is 0 Å². The predicted molar refractivity (Wildman–Crippen MR) is 95.0 cm³/mol. The van der Waals surface area contributed by atoms with Gasteiger partial charge in [0.15, 0.2) is 5.65 Å². The number of nitrogens with zero attached hydrogens (tertiary/aromatic N) is 7. The van der Waals surface area contributed by atoms with Gasteiger partial charge in [0.2, 0.25) is 0 Å². The lowest BCUT2D eigenvalue weighted by Crippen LogP contribution is -2.47. The molecule has 124 valence electrons. The summed E-state index contributed by atoms with van der Waals surface area (Å²) in [6.45, 7) is 3.25. The predicted octanol–water partition coefficient (Wildman–Crippen LogP) is 2.39. The molecule has 1 aliphatic rings. The zero-order valence-corrected chi connectivity index (χ0v) is 14.5. The van der Waals surface area contributed by atoms with Crippen molar-refractivity contribution in [1.82, 2.24) is 24.7 Å². The number of piperazine rings is 1. The molecule has 9 heteroatoms. The van der Waals surface area contributed by atoms with Gasteiger partial charge < -0.3 is 9.80 Å². The highest BCUT2D eigenvalue weighted by molar-refractivity contribution is 6.36. The second-order valence-electron chi connectivity index (χ2n) is 5.64. The second kappa shape index (κ2) is 6.07. The summed E-state index contributed by atoms with van der Waals surface area (Å²) in [5, 5.41) is 6.36. The van der Waals surface area contributed by atoms with Crippen LogP contribution in [0.15, 0.2) is 24.8 Å². The normalized spacial score (nSPS) is 15.3. The van der Waals surface area contributed by atoms with Gasteiger partial charge in [-0.2, -0.15) is 5.10 Å². The molecule has 3 aromatic rings. The molecule has 4 rings (SSSR count). The maximum Gasteiger partial charge on any atom is 0.163 e. The third-order valence-electron chi connectivity index (χ3n) is 4.18. The summed E-state index contributed by atoms with van der Waals surface area (Å²) >= 11 is 12.2. The number of hydrogen-bond acceptors (Lipinski definition) is 6. The van der Waals surface area contributed by atoms with Crippen molar-refractivity contribution in [3.63, 3.8) is 0 Å². The van der Waals surface area contributed by atoms with E-state index in [9.17, 15) is 0 Å². The smallest absolute Gasteiger partial charge is 0.163 e. The molecule has 0 spiro atoms. The topological polar surface area (TPSA) is 63.0 Å². The molecule has 0 aliphatic carbocycles. The van der Waals surface area contributed by atoms with Gasteiger partial charge in [-0.05, 0) is 6.07 Å². The first kappa shape index (κ1) is 15.4. The van der Waals surface area contributed by atoms with E-state index in [1.807, 2.05) is 13.2 Å². The Morgan fingerprint density at radius 2 is 1.62 bits per heavy atom. The molecule has 0 radical (unpaired) electrons. The monoisotopic (exact) mass is 363 g/mol. The molecule has 24 heavy (non-hydrogen) atoms. The van der Waals surface area contributed by atoms with Crippen molar-refractivity contribution in [3.05, 3.63) is 34.8 Å². The zero-order chi connectivity index (χ0) is 16.7. The SMILES string of the molecule is Cn1ncc2c(N3CCN(c4ncc(Cl)cc4Cl)CC3)ncnc21. The molecule has 0 bridgehead atoms. The number of rotatable bonds is 2. The third kappa shape index (κ3) is 2.63. The number of hydrogen-bond donors (Lipinski definition) is 0. The molecule has 1 aliphatic heterocycles. The van der Waals surface area contributed by atoms with E-state index in [1.54, 1.807) is 23.3 Å². The van der Waals surface area contributed by atoms with E-state index >= 15 is 0 Å². The van der Waals surface area contributed by atoms with Gasteiger partial charge in [0.05, 0.1) is 21.6 Å². The maximum atomic E-state index is 6.26. The lowest BCUT2D eigenvalue weighted by atomic mass is 10.2. The van der Waals surface area contributed by atoms with Gasteiger partial charge in [-0.15, -0.1) is 0 Å². The third-order valence-corrected chi connectivity index (χ3v) is 4.66. The molecule has 7 nitrogen and oxygen atoms in total. The summed E-state index contributed by atoms with van der Waals surface area (Å²) in [4.78, 5) is 17.5. The fourth-order valence-corrected chi connectivity index (χ4v) is 3.47. The average molecular weight is 364 g/mol. The Morgan fingerprint density at radius 3 is 2.33 bits per heavy atom. The van der Waals surface area contributed by atoms with Gasteiger partial charge >= 0.3 is 0 Å². The largest absolute Gasteiger partial charge is 0.352 e. The van der Waals surface area contributed by atoms with Crippen molar-refractivity contribution >= 4 is 45.9 Å². The fraction of sp³-hybridized carbons (Fsp3) is 0.333. The van der Waals surface area contributed by atoms with E-state index in [1.165, 1.54) is 0 Å². The van der Waals surface area contributed by atoms with Gasteiger partial charge in [-0.3, -0.25) is 4.68 Å². The highest BCUT2D eigenvalue weighted by Crippen LogP contribution is 2.28. The van der Waals surface area contributed by atoms with Crippen molar-refractivity contribution in [3.8, 4) is 0 Å². The molecule has 3 aromatic heterocycles. The first-order valence-electron chi connectivity index (χ1n) is 7.57. The highest BCUT2D eigenvalue weighted by atomic mass is 35.5. The Morgan fingerprint density at radius 1 is 0.917 bits per heavy atom. The van der Waals surface area contributed by atoms with Crippen molar-refractivity contribution < 1.29 is 0 Å². The van der Waals surface area contributed by atoms with Crippen LogP contribution in [0.3, 0.4) is 0 Å². The molecule has 0 amide bonds. The van der Waals surface area contributed by atoms with E-state index in [4.69, 9.17) is 23.2 Å². The summed E-state index contributed by atoms with van der Waals surface area (Å²) in [6.07, 6.45) is 5.02. The standard InChI is InChI=1S/C15H15Cl2N7/c1-22-13-11(8-21-22)14(20-9-19-13)23-2-4-24(5-3-23)15-12(17)6-10(16)7-18-15/h6-9H,2-5H2,1H3. The van der Waals surface area contributed by atoms with Crippen molar-refractivity contribution in [2.75, 3.05) is 36.0 Å². The summed E-state index contributed by atoms with van der Waals surface area (Å²) in [5.41, 5.74) is 0.838. The Balaban J connectivity index is 1.55. The molecule has 0 aromatic carbocycles. The Hall–Kier alpha value is -2.12. The van der Waals surface area contributed by atoms with Crippen LogP contribution in [-0.2, 0) is 7.05 Å². The van der Waals surface area contributed by atoms with E-state index in [2.05, 4.69) is 29.9 Å². The molecule has 0 atom stereocenters. The van der Waals surface area contributed by atoms with Crippen molar-refractivity contribution in [2.24, 2.45) is 7.05 Å². The van der Waals surface area contributed by atoms with E-state index in [-0.39, 0.29) is 0 Å². The summed E-state index contributed by atoms with van der Waals surface area (Å²) in [5.74, 6) is 1.69. The highest BCUT2D eigenvalue weighted by Gasteiger charge is 2.23. The molecule has 1 saturated heterocycles. The lowest BCUT2D eigenvalue weighted by molar-refractivity contribution is 0.643. The minimum absolute atomic E-state index is 0.544. The van der Waals surface area contributed by atoms with Crippen LogP contribution >= 0.6 is 23.2 Å². The molecule has 0 N–H and O–H groups in total. The number of pyridine rings is 1. The zero-order valence-electron chi connectivity index (χ0n) is 13.0. The quantitative estimate of drug-likeness (QED) is 0.696. The fourth-order valence-electron chi connectivity index (χ4n) is 2.97. The molecule has 0 unspecified atom stereocenters. The van der Waals surface area contributed by atoms with E-state index in [0.29, 0.717) is 10.0 Å². The maximum absolute atomic E-state index is 6.26. The molecular formula is C15H15Cl2N7. The summed E-state index contributed by atoms with van der Waals surface area (Å²) in [6, 6.07) is 1.72. The summed E-state index contributed by atoms with van der Waals surface area (Å²) < 4.78 is 1.76. The minimum atomic E-state index is 0.544. The van der Waals surface area contributed by atoms with Crippen LogP contribution in [0.25, 0.3) is 11.0 Å². The Kier molecular flexibility index (Phi) is 3.90. The van der Waals surface area contributed by atoms with Crippen LogP contribution in [0.4, 0.5) is 11.6 Å². The second-order valence-corrected chi connectivity index (χ2v) is 6.48. The Labute approximate surface area is 148 Å². The first-order chi connectivity index (χ1) is 11.6. The average Bonchev–Trinajstić information content (AvgIpc) is 2.97. The van der Waals surface area contributed by atoms with Gasteiger partial charge in [0.1, 0.15) is 18.0 Å². The van der Waals surface area contributed by atoms with Gasteiger partial charge in [0.25, 0.3) is 0 Å². The number of anilines is 2.